The maximum Gasteiger partial charge on any atom is 0.337 e. The van der Waals surface area contributed by atoms with Gasteiger partial charge in [0.2, 0.25) is 0 Å². The molecule has 0 aromatic heterocycles. The molecule has 0 fully saturated rings. The summed E-state index contributed by atoms with van der Waals surface area (Å²) in [7, 11) is 0. The van der Waals surface area contributed by atoms with Gasteiger partial charge in [-0.15, -0.1) is 6.42 Å². The van der Waals surface area contributed by atoms with Crippen molar-refractivity contribution in [1.82, 2.24) is 0 Å². The molecule has 0 spiro atoms. The van der Waals surface area contributed by atoms with Crippen molar-refractivity contribution in [3.8, 4) is 12.3 Å². The molecule has 1 aromatic rings. The van der Waals surface area contributed by atoms with Gasteiger partial charge in [-0.1, -0.05) is 17.5 Å². The number of hydrogen-bond acceptors (Lipinski definition) is 3. The average Bonchev–Trinajstić information content (AvgIpc) is 2.27. The summed E-state index contributed by atoms with van der Waals surface area (Å²) in [5.41, 5.74) is 0.343. The summed E-state index contributed by atoms with van der Waals surface area (Å²) < 4.78 is 0. The van der Waals surface area contributed by atoms with E-state index in [0.717, 1.165) is 0 Å². The number of carboxylic acids is 1. The molecular weight excluding hydrogens is 230 g/mol. The van der Waals surface area contributed by atoms with Gasteiger partial charge in [0, 0.05) is 10.7 Å². The van der Waals surface area contributed by atoms with Gasteiger partial charge in [0.1, 0.15) is 6.04 Å². The Bertz CT molecular complexity index is 439. The predicted molar refractivity (Wildman–Crippen MR) is 61.7 cm³/mol. The summed E-state index contributed by atoms with van der Waals surface area (Å²) in [5, 5.41) is 20.9. The van der Waals surface area contributed by atoms with Crippen LogP contribution in [0.25, 0.3) is 0 Å². The van der Waals surface area contributed by atoms with Gasteiger partial charge in [-0.25, -0.2) is 4.79 Å². The van der Waals surface area contributed by atoms with Crippen LogP contribution < -0.4 is 5.32 Å². The van der Waals surface area contributed by atoms with Crippen LogP contribution in [0.3, 0.4) is 0 Å². The highest BCUT2D eigenvalue weighted by Gasteiger charge is 2.12. The number of aliphatic hydroxyl groups is 1. The largest absolute Gasteiger partial charge is 0.478 e. The van der Waals surface area contributed by atoms with Crippen LogP contribution in [0.5, 0.6) is 0 Å². The number of carbonyl (C=O) groups is 1. The zero-order valence-electron chi connectivity index (χ0n) is 8.27. The fraction of sp³-hybridized carbons (Fsp3) is 0.182. The average molecular weight is 240 g/mol. The number of hydrogen-bond donors (Lipinski definition) is 3. The lowest BCUT2D eigenvalue weighted by Crippen LogP contribution is -2.22. The Morgan fingerprint density at radius 2 is 2.31 bits per heavy atom. The molecule has 0 aliphatic rings. The lowest BCUT2D eigenvalue weighted by atomic mass is 10.1. The molecule has 0 saturated heterocycles. The van der Waals surface area contributed by atoms with Crippen molar-refractivity contribution in [2.75, 3.05) is 11.9 Å². The second-order valence-corrected chi connectivity index (χ2v) is 3.48. The summed E-state index contributed by atoms with van der Waals surface area (Å²) >= 11 is 5.68. The maximum absolute atomic E-state index is 10.9. The van der Waals surface area contributed by atoms with Crippen molar-refractivity contribution in [1.29, 1.82) is 0 Å². The number of halogens is 1. The van der Waals surface area contributed by atoms with E-state index < -0.39 is 12.0 Å². The quantitative estimate of drug-likeness (QED) is 0.696. The molecule has 1 aromatic carbocycles. The summed E-state index contributed by atoms with van der Waals surface area (Å²) in [5.74, 6) is 1.18. The monoisotopic (exact) mass is 239 g/mol. The SMILES string of the molecule is C#CC(CO)Nc1ccc(Cl)cc1C(=O)O. The number of aromatic carboxylic acids is 1. The number of nitrogens with one attached hydrogen (secondary N) is 1. The standard InChI is InChI=1S/C11H10ClNO3/c1-2-8(6-14)13-10-4-3-7(12)5-9(10)11(15)16/h1,3-5,8,13-14H,6H2,(H,15,16). The summed E-state index contributed by atoms with van der Waals surface area (Å²) in [4.78, 5) is 10.9. The van der Waals surface area contributed by atoms with Gasteiger partial charge in [0.15, 0.2) is 0 Å². The number of anilines is 1. The van der Waals surface area contributed by atoms with E-state index in [2.05, 4.69) is 11.2 Å². The van der Waals surface area contributed by atoms with Gasteiger partial charge in [-0.3, -0.25) is 0 Å². The van der Waals surface area contributed by atoms with Gasteiger partial charge in [0.05, 0.1) is 12.2 Å². The Hall–Kier alpha value is -1.70. The fourth-order valence-electron chi connectivity index (χ4n) is 1.15. The van der Waals surface area contributed by atoms with Gasteiger partial charge >= 0.3 is 5.97 Å². The molecule has 0 radical (unpaired) electrons. The summed E-state index contributed by atoms with van der Waals surface area (Å²) in [6.07, 6.45) is 5.14. The van der Waals surface area contributed by atoms with Gasteiger partial charge < -0.3 is 15.5 Å². The predicted octanol–water partition coefficient (Wildman–Crippen LogP) is 1.44. The molecule has 4 nitrogen and oxygen atoms in total. The molecule has 1 unspecified atom stereocenters. The second kappa shape index (κ2) is 5.40. The van der Waals surface area contributed by atoms with E-state index in [1.807, 2.05) is 0 Å². The molecule has 1 rings (SSSR count). The van der Waals surface area contributed by atoms with Crippen molar-refractivity contribution in [3.05, 3.63) is 28.8 Å². The van der Waals surface area contributed by atoms with E-state index >= 15 is 0 Å². The smallest absolute Gasteiger partial charge is 0.337 e. The molecule has 5 heteroatoms. The van der Waals surface area contributed by atoms with Crippen LogP contribution >= 0.6 is 11.6 Å². The minimum absolute atomic E-state index is 0.0150. The van der Waals surface area contributed by atoms with E-state index in [4.69, 9.17) is 28.2 Å². The number of rotatable bonds is 4. The van der Waals surface area contributed by atoms with Crippen molar-refractivity contribution in [2.45, 2.75) is 6.04 Å². The van der Waals surface area contributed by atoms with E-state index in [9.17, 15) is 4.79 Å². The molecule has 16 heavy (non-hydrogen) atoms. The van der Waals surface area contributed by atoms with Gasteiger partial charge in [-0.2, -0.15) is 0 Å². The molecule has 3 N–H and O–H groups in total. The summed E-state index contributed by atoms with van der Waals surface area (Å²) in [6.45, 7) is -0.280. The first-order chi connectivity index (χ1) is 7.58. The van der Waals surface area contributed by atoms with Crippen LogP contribution in [-0.2, 0) is 0 Å². The van der Waals surface area contributed by atoms with Gasteiger partial charge in [0.25, 0.3) is 0 Å². The summed E-state index contributed by atoms with van der Waals surface area (Å²) in [6, 6.07) is 3.74. The molecule has 84 valence electrons. The van der Waals surface area contributed by atoms with Gasteiger partial charge in [-0.05, 0) is 18.2 Å². The first-order valence-electron chi connectivity index (χ1n) is 4.45. The first kappa shape index (κ1) is 12.4. The Morgan fingerprint density at radius 1 is 1.62 bits per heavy atom. The lowest BCUT2D eigenvalue weighted by Gasteiger charge is -2.13. The third-order valence-electron chi connectivity index (χ3n) is 1.93. The van der Waals surface area contributed by atoms with Crippen LogP contribution in [-0.4, -0.2) is 28.8 Å². The molecule has 0 saturated carbocycles. The van der Waals surface area contributed by atoms with Crippen molar-refractivity contribution in [2.24, 2.45) is 0 Å². The molecule has 1 atom stereocenters. The second-order valence-electron chi connectivity index (χ2n) is 3.04. The third kappa shape index (κ3) is 2.89. The molecule has 0 aliphatic carbocycles. The van der Waals surface area contributed by atoms with E-state index in [-0.39, 0.29) is 12.2 Å². The zero-order valence-corrected chi connectivity index (χ0v) is 9.03. The topological polar surface area (TPSA) is 69.6 Å². The Labute approximate surface area is 97.9 Å². The Balaban J connectivity index is 3.04. The van der Waals surface area contributed by atoms with E-state index in [1.54, 1.807) is 6.07 Å². The highest BCUT2D eigenvalue weighted by atomic mass is 35.5. The first-order valence-corrected chi connectivity index (χ1v) is 4.82. The Morgan fingerprint density at radius 3 is 2.81 bits per heavy atom. The van der Waals surface area contributed by atoms with Crippen LogP contribution in [0.2, 0.25) is 5.02 Å². The highest BCUT2D eigenvalue weighted by Crippen LogP contribution is 2.21. The molecule has 0 aliphatic heterocycles. The molecule has 0 bridgehead atoms. The van der Waals surface area contributed by atoms with Crippen molar-refractivity contribution >= 4 is 23.3 Å². The maximum atomic E-state index is 10.9. The van der Waals surface area contributed by atoms with Crippen molar-refractivity contribution < 1.29 is 15.0 Å². The van der Waals surface area contributed by atoms with Crippen LogP contribution in [0.4, 0.5) is 5.69 Å². The fourth-order valence-corrected chi connectivity index (χ4v) is 1.32. The number of carboxylic acid groups (broad SMARTS) is 1. The molecule has 0 heterocycles. The number of benzene rings is 1. The minimum Gasteiger partial charge on any atom is -0.478 e. The third-order valence-corrected chi connectivity index (χ3v) is 2.16. The van der Waals surface area contributed by atoms with E-state index in [1.165, 1.54) is 12.1 Å². The minimum atomic E-state index is -1.11. The normalized spacial score (nSPS) is 11.6. The van der Waals surface area contributed by atoms with Crippen LogP contribution in [0.15, 0.2) is 18.2 Å². The van der Waals surface area contributed by atoms with Crippen LogP contribution in [0.1, 0.15) is 10.4 Å². The molecular formula is C11H10ClNO3. The number of terminal acetylenes is 1. The van der Waals surface area contributed by atoms with E-state index in [0.29, 0.717) is 10.7 Å². The molecule has 0 amide bonds. The number of aliphatic hydroxyl groups excluding tert-OH is 1. The van der Waals surface area contributed by atoms with Crippen molar-refractivity contribution in [3.63, 3.8) is 0 Å². The highest BCUT2D eigenvalue weighted by molar-refractivity contribution is 6.31. The lowest BCUT2D eigenvalue weighted by molar-refractivity contribution is 0.0698. The zero-order chi connectivity index (χ0) is 12.1. The Kier molecular flexibility index (Phi) is 4.18. The van der Waals surface area contributed by atoms with Crippen LogP contribution in [0, 0.1) is 12.3 Å².